The van der Waals surface area contributed by atoms with Gasteiger partial charge in [-0.05, 0) is 49.4 Å². The number of carbonyl (C=O) groups is 1. The molecule has 1 aromatic carbocycles. The van der Waals surface area contributed by atoms with Gasteiger partial charge in [0.1, 0.15) is 0 Å². The Balaban J connectivity index is 1.68. The summed E-state index contributed by atoms with van der Waals surface area (Å²) in [6.07, 6.45) is 5.28. The molecule has 2 aromatic rings. The SMILES string of the molecule is Cc1cc(Cl)ccc1Nc1ncc(C(=O)N2CCC(C)CC2)cn1. The second-order valence-corrected chi connectivity index (χ2v) is 6.79. The lowest BCUT2D eigenvalue weighted by Gasteiger charge is -2.30. The van der Waals surface area contributed by atoms with E-state index in [-0.39, 0.29) is 5.91 Å². The van der Waals surface area contributed by atoms with E-state index in [1.165, 1.54) is 0 Å². The standard InChI is InChI=1S/C18H21ClN4O/c1-12-5-7-23(8-6-12)17(24)14-10-20-18(21-11-14)22-16-4-3-15(19)9-13(16)2/h3-4,9-12H,5-8H2,1-2H3,(H,20,21,22). The Bertz CT molecular complexity index is 724. The largest absolute Gasteiger partial charge is 0.339 e. The van der Waals surface area contributed by atoms with Gasteiger partial charge < -0.3 is 10.2 Å². The van der Waals surface area contributed by atoms with E-state index >= 15 is 0 Å². The molecule has 1 saturated heterocycles. The number of amides is 1. The highest BCUT2D eigenvalue weighted by molar-refractivity contribution is 6.30. The summed E-state index contributed by atoms with van der Waals surface area (Å²) in [5.74, 6) is 1.17. The number of piperidine rings is 1. The molecule has 0 aliphatic carbocycles. The first kappa shape index (κ1) is 16.7. The van der Waals surface area contributed by atoms with Crippen molar-refractivity contribution >= 4 is 29.1 Å². The van der Waals surface area contributed by atoms with Crippen LogP contribution < -0.4 is 5.32 Å². The van der Waals surface area contributed by atoms with Crippen LogP contribution in [0.4, 0.5) is 11.6 Å². The maximum Gasteiger partial charge on any atom is 0.256 e. The third-order valence-corrected chi connectivity index (χ3v) is 4.64. The minimum absolute atomic E-state index is 0.0103. The number of hydrogen-bond acceptors (Lipinski definition) is 4. The molecule has 0 bridgehead atoms. The Morgan fingerprint density at radius 1 is 1.25 bits per heavy atom. The fourth-order valence-electron chi connectivity index (χ4n) is 2.79. The van der Waals surface area contributed by atoms with Crippen LogP contribution in [0.25, 0.3) is 0 Å². The third kappa shape index (κ3) is 3.85. The number of aromatic nitrogens is 2. The first-order valence-electron chi connectivity index (χ1n) is 8.17. The zero-order valence-electron chi connectivity index (χ0n) is 13.9. The van der Waals surface area contributed by atoms with Crippen LogP contribution in [-0.4, -0.2) is 33.9 Å². The summed E-state index contributed by atoms with van der Waals surface area (Å²) in [4.78, 5) is 22.9. The Morgan fingerprint density at radius 3 is 2.54 bits per heavy atom. The molecule has 0 spiro atoms. The van der Waals surface area contributed by atoms with Crippen LogP contribution in [0.2, 0.25) is 5.02 Å². The van der Waals surface area contributed by atoms with Crippen molar-refractivity contribution < 1.29 is 4.79 Å². The van der Waals surface area contributed by atoms with Crippen molar-refractivity contribution in [2.45, 2.75) is 26.7 Å². The molecule has 6 heteroatoms. The number of aryl methyl sites for hydroxylation is 1. The van der Waals surface area contributed by atoms with Crippen LogP contribution >= 0.6 is 11.6 Å². The molecule has 1 aromatic heterocycles. The van der Waals surface area contributed by atoms with E-state index in [0.717, 1.165) is 37.2 Å². The molecule has 24 heavy (non-hydrogen) atoms. The quantitative estimate of drug-likeness (QED) is 0.912. The highest BCUT2D eigenvalue weighted by Crippen LogP contribution is 2.22. The molecule has 1 N–H and O–H groups in total. The zero-order chi connectivity index (χ0) is 17.1. The number of carbonyl (C=O) groups excluding carboxylic acids is 1. The van der Waals surface area contributed by atoms with Crippen LogP contribution in [0.5, 0.6) is 0 Å². The van der Waals surface area contributed by atoms with Gasteiger partial charge in [0.2, 0.25) is 5.95 Å². The number of benzene rings is 1. The Hall–Kier alpha value is -2.14. The van der Waals surface area contributed by atoms with E-state index < -0.39 is 0 Å². The summed E-state index contributed by atoms with van der Waals surface area (Å²) in [5.41, 5.74) is 2.43. The summed E-state index contributed by atoms with van der Waals surface area (Å²) >= 11 is 5.96. The van der Waals surface area contributed by atoms with Crippen molar-refractivity contribution in [3.05, 3.63) is 46.7 Å². The third-order valence-electron chi connectivity index (χ3n) is 4.40. The predicted octanol–water partition coefficient (Wildman–Crippen LogP) is 4.05. The molecular weight excluding hydrogens is 324 g/mol. The van der Waals surface area contributed by atoms with Gasteiger partial charge in [-0.15, -0.1) is 0 Å². The summed E-state index contributed by atoms with van der Waals surface area (Å²) in [6.45, 7) is 5.81. The second kappa shape index (κ2) is 7.18. The van der Waals surface area contributed by atoms with Gasteiger partial charge in [-0.3, -0.25) is 4.79 Å². The van der Waals surface area contributed by atoms with Crippen molar-refractivity contribution in [3.63, 3.8) is 0 Å². The highest BCUT2D eigenvalue weighted by atomic mass is 35.5. The maximum atomic E-state index is 12.5. The minimum atomic E-state index is 0.0103. The Kier molecular flexibility index (Phi) is 5.00. The van der Waals surface area contributed by atoms with Crippen LogP contribution in [0.3, 0.4) is 0 Å². The molecular formula is C18H21ClN4O. The molecule has 1 amide bonds. The fourth-order valence-corrected chi connectivity index (χ4v) is 3.01. The fraction of sp³-hybridized carbons (Fsp3) is 0.389. The molecule has 0 radical (unpaired) electrons. The van der Waals surface area contributed by atoms with Gasteiger partial charge in [0.15, 0.2) is 0 Å². The lowest BCUT2D eigenvalue weighted by atomic mass is 9.99. The number of halogens is 1. The summed E-state index contributed by atoms with van der Waals surface area (Å²) < 4.78 is 0. The molecule has 5 nitrogen and oxygen atoms in total. The van der Waals surface area contributed by atoms with Crippen LogP contribution in [0.1, 0.15) is 35.7 Å². The monoisotopic (exact) mass is 344 g/mol. The van der Waals surface area contributed by atoms with Crippen molar-refractivity contribution in [3.8, 4) is 0 Å². The van der Waals surface area contributed by atoms with E-state index in [4.69, 9.17) is 11.6 Å². The predicted molar refractivity (Wildman–Crippen MR) is 95.8 cm³/mol. The number of hydrogen-bond donors (Lipinski definition) is 1. The van der Waals surface area contributed by atoms with Gasteiger partial charge in [-0.1, -0.05) is 18.5 Å². The highest BCUT2D eigenvalue weighted by Gasteiger charge is 2.21. The van der Waals surface area contributed by atoms with E-state index in [2.05, 4.69) is 22.2 Å². The van der Waals surface area contributed by atoms with Crippen molar-refractivity contribution in [2.75, 3.05) is 18.4 Å². The molecule has 3 rings (SSSR count). The van der Waals surface area contributed by atoms with E-state index in [1.807, 2.05) is 30.0 Å². The summed E-state index contributed by atoms with van der Waals surface area (Å²) in [7, 11) is 0. The van der Waals surface area contributed by atoms with E-state index in [9.17, 15) is 4.79 Å². The van der Waals surface area contributed by atoms with Gasteiger partial charge in [0, 0.05) is 36.2 Å². The van der Waals surface area contributed by atoms with Crippen LogP contribution in [0, 0.1) is 12.8 Å². The number of nitrogens with zero attached hydrogens (tertiary/aromatic N) is 3. The Labute approximate surface area is 147 Å². The average molecular weight is 345 g/mol. The molecule has 1 aliphatic rings. The average Bonchev–Trinajstić information content (AvgIpc) is 2.58. The van der Waals surface area contributed by atoms with Crippen molar-refractivity contribution in [1.29, 1.82) is 0 Å². The van der Waals surface area contributed by atoms with Gasteiger partial charge in [-0.2, -0.15) is 0 Å². The normalized spacial score (nSPS) is 15.4. The molecule has 1 fully saturated rings. The molecule has 126 valence electrons. The summed E-state index contributed by atoms with van der Waals surface area (Å²) in [6, 6.07) is 5.57. The summed E-state index contributed by atoms with van der Waals surface area (Å²) in [5, 5.41) is 3.84. The molecule has 2 heterocycles. The number of likely N-dealkylation sites (tertiary alicyclic amines) is 1. The van der Waals surface area contributed by atoms with Crippen molar-refractivity contribution in [2.24, 2.45) is 5.92 Å². The number of anilines is 2. The zero-order valence-corrected chi connectivity index (χ0v) is 14.7. The maximum absolute atomic E-state index is 12.5. The molecule has 0 atom stereocenters. The second-order valence-electron chi connectivity index (χ2n) is 6.35. The van der Waals surface area contributed by atoms with Gasteiger partial charge in [0.05, 0.1) is 5.56 Å². The lowest BCUT2D eigenvalue weighted by Crippen LogP contribution is -2.38. The van der Waals surface area contributed by atoms with E-state index in [0.29, 0.717) is 22.5 Å². The smallest absolute Gasteiger partial charge is 0.256 e. The van der Waals surface area contributed by atoms with Crippen molar-refractivity contribution in [1.82, 2.24) is 14.9 Å². The van der Waals surface area contributed by atoms with Gasteiger partial charge in [-0.25, -0.2) is 9.97 Å². The molecule has 0 saturated carbocycles. The molecule has 0 unspecified atom stereocenters. The van der Waals surface area contributed by atoms with Crippen LogP contribution in [-0.2, 0) is 0 Å². The topological polar surface area (TPSA) is 58.1 Å². The molecule has 1 aliphatic heterocycles. The minimum Gasteiger partial charge on any atom is -0.339 e. The first-order chi connectivity index (χ1) is 11.5. The first-order valence-corrected chi connectivity index (χ1v) is 8.55. The van der Waals surface area contributed by atoms with Crippen LogP contribution in [0.15, 0.2) is 30.6 Å². The number of rotatable bonds is 3. The Morgan fingerprint density at radius 2 is 1.92 bits per heavy atom. The van der Waals surface area contributed by atoms with E-state index in [1.54, 1.807) is 12.4 Å². The lowest BCUT2D eigenvalue weighted by molar-refractivity contribution is 0.0696. The number of nitrogens with one attached hydrogen (secondary N) is 1. The van der Waals surface area contributed by atoms with Gasteiger partial charge in [0.25, 0.3) is 5.91 Å². The van der Waals surface area contributed by atoms with Gasteiger partial charge >= 0.3 is 0 Å².